The highest BCUT2D eigenvalue weighted by molar-refractivity contribution is 4.59. The minimum absolute atomic E-state index is 0. The van der Waals surface area contributed by atoms with Gasteiger partial charge in [-0.05, 0) is 27.8 Å². The molecule has 2 nitrogen and oxygen atoms in total. The minimum atomic E-state index is 0. The fourth-order valence-corrected chi connectivity index (χ4v) is 1.04. The van der Waals surface area contributed by atoms with E-state index in [0.717, 1.165) is 10.5 Å². The van der Waals surface area contributed by atoms with E-state index >= 15 is 0 Å². The van der Waals surface area contributed by atoms with Gasteiger partial charge in [0.25, 0.3) is 0 Å². The van der Waals surface area contributed by atoms with Crippen molar-refractivity contribution in [3.63, 3.8) is 0 Å². The molecule has 0 aliphatic carbocycles. The van der Waals surface area contributed by atoms with Crippen molar-refractivity contribution in [2.45, 2.75) is 39.3 Å². The van der Waals surface area contributed by atoms with Crippen molar-refractivity contribution < 1.29 is 21.5 Å². The molecule has 0 aromatic rings. The van der Waals surface area contributed by atoms with Gasteiger partial charge >= 0.3 is 0 Å². The molecule has 0 saturated heterocycles. The zero-order chi connectivity index (χ0) is 10.6. The number of nitrogens with zero attached hydrogens (tertiary/aromatic N) is 2. The van der Waals surface area contributed by atoms with Crippen LogP contribution in [0.15, 0.2) is 0 Å². The average molecular weight is 267 g/mol. The summed E-state index contributed by atoms with van der Waals surface area (Å²) in [5.74, 6) is 0. The van der Waals surface area contributed by atoms with Gasteiger partial charge in [0.2, 0.25) is 0 Å². The van der Waals surface area contributed by atoms with Crippen LogP contribution in [0, 0.1) is 0 Å². The smallest absolute Gasteiger partial charge is 0.0867 e. The maximum Gasteiger partial charge on any atom is 0.0867 e. The standard InChI is InChI=1S/C11H27N2.BrH/c1-10(2)12(4)9-8-11(3)13(5,6)7;/h10-11H,8-9H2,1-7H3;1H/q+1;/p-1. The Bertz CT molecular complexity index is 141. The second-order valence-corrected chi connectivity index (χ2v) is 5.33. The Morgan fingerprint density at radius 2 is 1.50 bits per heavy atom. The summed E-state index contributed by atoms with van der Waals surface area (Å²) in [6.07, 6.45) is 1.28. The van der Waals surface area contributed by atoms with Crippen LogP contribution in [-0.4, -0.2) is 56.2 Å². The lowest BCUT2D eigenvalue weighted by Gasteiger charge is -2.33. The van der Waals surface area contributed by atoms with E-state index in [0.29, 0.717) is 6.04 Å². The lowest BCUT2D eigenvalue weighted by atomic mass is 10.1. The lowest BCUT2D eigenvalue weighted by molar-refractivity contribution is -0.894. The van der Waals surface area contributed by atoms with Crippen molar-refractivity contribution in [3.8, 4) is 0 Å². The van der Waals surface area contributed by atoms with Crippen LogP contribution in [0.2, 0.25) is 0 Å². The van der Waals surface area contributed by atoms with Crippen molar-refractivity contribution in [1.82, 2.24) is 4.90 Å². The van der Waals surface area contributed by atoms with Crippen LogP contribution < -0.4 is 17.0 Å². The molecule has 0 heterocycles. The van der Waals surface area contributed by atoms with Gasteiger partial charge in [0.05, 0.1) is 27.2 Å². The molecule has 0 saturated carbocycles. The van der Waals surface area contributed by atoms with Gasteiger partial charge in [0.15, 0.2) is 0 Å². The normalized spacial score (nSPS) is 14.4. The predicted molar refractivity (Wildman–Crippen MR) is 59.9 cm³/mol. The summed E-state index contributed by atoms with van der Waals surface area (Å²) in [6.45, 7) is 8.02. The maximum absolute atomic E-state index is 2.41. The largest absolute Gasteiger partial charge is 1.00 e. The van der Waals surface area contributed by atoms with Crippen LogP contribution in [0.3, 0.4) is 0 Å². The fraction of sp³-hybridized carbons (Fsp3) is 1.00. The van der Waals surface area contributed by atoms with Crippen LogP contribution in [0.4, 0.5) is 0 Å². The summed E-state index contributed by atoms with van der Waals surface area (Å²) in [6, 6.07) is 1.40. The van der Waals surface area contributed by atoms with Gasteiger partial charge < -0.3 is 26.4 Å². The van der Waals surface area contributed by atoms with Gasteiger partial charge in [-0.2, -0.15) is 0 Å². The number of quaternary nitrogens is 1. The molecule has 0 spiro atoms. The molecular weight excluding hydrogens is 240 g/mol. The molecule has 1 unspecified atom stereocenters. The first-order valence-corrected chi connectivity index (χ1v) is 5.26. The van der Waals surface area contributed by atoms with E-state index in [-0.39, 0.29) is 17.0 Å². The lowest BCUT2D eigenvalue weighted by Crippen LogP contribution is -3.00. The minimum Gasteiger partial charge on any atom is -1.00 e. The highest BCUT2D eigenvalue weighted by Crippen LogP contribution is 2.07. The van der Waals surface area contributed by atoms with Crippen molar-refractivity contribution in [3.05, 3.63) is 0 Å². The van der Waals surface area contributed by atoms with Gasteiger partial charge in [0, 0.05) is 19.0 Å². The van der Waals surface area contributed by atoms with E-state index in [1.807, 2.05) is 0 Å². The van der Waals surface area contributed by atoms with E-state index in [4.69, 9.17) is 0 Å². The first-order chi connectivity index (χ1) is 5.75. The van der Waals surface area contributed by atoms with Gasteiger partial charge in [-0.1, -0.05) is 0 Å². The SMILES string of the molecule is CC(C)N(C)CCC(C)[N+](C)(C)C.[Br-]. The van der Waals surface area contributed by atoms with Crippen LogP contribution in [0.25, 0.3) is 0 Å². The molecule has 0 radical (unpaired) electrons. The summed E-state index contributed by atoms with van der Waals surface area (Å²) in [7, 11) is 8.99. The molecule has 0 fully saturated rings. The second kappa shape index (κ2) is 6.81. The van der Waals surface area contributed by atoms with Crippen molar-refractivity contribution in [2.75, 3.05) is 34.7 Å². The molecule has 0 aliphatic heterocycles. The summed E-state index contributed by atoms with van der Waals surface area (Å²) in [5.41, 5.74) is 0. The molecule has 0 aromatic carbocycles. The van der Waals surface area contributed by atoms with Crippen LogP contribution >= 0.6 is 0 Å². The summed E-state index contributed by atoms with van der Waals surface area (Å²) >= 11 is 0. The van der Waals surface area contributed by atoms with E-state index in [1.165, 1.54) is 13.0 Å². The van der Waals surface area contributed by atoms with Crippen LogP contribution in [0.5, 0.6) is 0 Å². The monoisotopic (exact) mass is 266 g/mol. The third kappa shape index (κ3) is 6.80. The first-order valence-electron chi connectivity index (χ1n) is 5.26. The fourth-order valence-electron chi connectivity index (χ4n) is 1.04. The third-order valence-corrected chi connectivity index (χ3v) is 3.10. The Hall–Kier alpha value is 0.400. The number of hydrogen-bond donors (Lipinski definition) is 0. The molecule has 0 bridgehead atoms. The Morgan fingerprint density at radius 3 is 1.79 bits per heavy atom. The van der Waals surface area contributed by atoms with Crippen LogP contribution in [-0.2, 0) is 0 Å². The van der Waals surface area contributed by atoms with E-state index in [9.17, 15) is 0 Å². The Kier molecular flexibility index (Phi) is 8.17. The molecule has 0 aromatic heterocycles. The highest BCUT2D eigenvalue weighted by atomic mass is 79.9. The van der Waals surface area contributed by atoms with Crippen molar-refractivity contribution >= 4 is 0 Å². The summed E-state index contributed by atoms with van der Waals surface area (Å²) < 4.78 is 1.06. The molecule has 88 valence electrons. The van der Waals surface area contributed by atoms with Gasteiger partial charge in [-0.15, -0.1) is 0 Å². The van der Waals surface area contributed by atoms with Crippen molar-refractivity contribution in [1.29, 1.82) is 0 Å². The number of hydrogen-bond acceptors (Lipinski definition) is 1. The third-order valence-electron chi connectivity index (χ3n) is 3.10. The second-order valence-electron chi connectivity index (χ2n) is 5.33. The van der Waals surface area contributed by atoms with Crippen LogP contribution in [0.1, 0.15) is 27.2 Å². The molecule has 0 rings (SSSR count). The molecule has 14 heavy (non-hydrogen) atoms. The Labute approximate surface area is 101 Å². The molecule has 0 amide bonds. The zero-order valence-corrected chi connectivity index (χ0v) is 12.4. The molecule has 1 atom stereocenters. The predicted octanol–water partition coefficient (Wildman–Crippen LogP) is -1.18. The van der Waals surface area contributed by atoms with Gasteiger partial charge in [0.1, 0.15) is 0 Å². The van der Waals surface area contributed by atoms with Crippen molar-refractivity contribution in [2.24, 2.45) is 0 Å². The van der Waals surface area contributed by atoms with E-state index in [2.05, 4.69) is 53.9 Å². The molecular formula is C11H27BrN2. The van der Waals surface area contributed by atoms with Gasteiger partial charge in [-0.25, -0.2) is 0 Å². The number of rotatable bonds is 5. The number of halogens is 1. The summed E-state index contributed by atoms with van der Waals surface area (Å²) in [4.78, 5) is 2.41. The summed E-state index contributed by atoms with van der Waals surface area (Å²) in [5, 5.41) is 0. The maximum atomic E-state index is 2.41. The Balaban J connectivity index is 0. The highest BCUT2D eigenvalue weighted by Gasteiger charge is 2.18. The zero-order valence-electron chi connectivity index (χ0n) is 10.8. The average Bonchev–Trinajstić information content (AvgIpc) is 1.97. The van der Waals surface area contributed by atoms with E-state index < -0.39 is 0 Å². The first kappa shape index (κ1) is 16.8. The topological polar surface area (TPSA) is 3.24 Å². The Morgan fingerprint density at radius 1 is 1.07 bits per heavy atom. The molecule has 0 aliphatic rings. The quantitative estimate of drug-likeness (QED) is 0.567. The molecule has 0 N–H and O–H groups in total. The van der Waals surface area contributed by atoms with Gasteiger partial charge in [-0.3, -0.25) is 0 Å². The molecule has 3 heteroatoms. The van der Waals surface area contributed by atoms with E-state index in [1.54, 1.807) is 0 Å².